The molecule has 2 fully saturated rings. The Morgan fingerprint density at radius 3 is 2.77 bits per heavy atom. The third-order valence-corrected chi connectivity index (χ3v) is 6.88. The minimum absolute atomic E-state index is 0.106. The molecule has 1 aromatic carbocycles. The van der Waals surface area contributed by atoms with Gasteiger partial charge in [0.25, 0.3) is 0 Å². The lowest BCUT2D eigenvalue weighted by molar-refractivity contribution is -0.142. The van der Waals surface area contributed by atoms with Crippen molar-refractivity contribution in [2.45, 2.75) is 70.8 Å². The van der Waals surface area contributed by atoms with E-state index >= 15 is 0 Å². The van der Waals surface area contributed by atoms with Crippen LogP contribution < -0.4 is 4.74 Å². The summed E-state index contributed by atoms with van der Waals surface area (Å²) in [6.07, 6.45) is 7.67. The van der Waals surface area contributed by atoms with Crippen LogP contribution in [0, 0.1) is 17.2 Å². The number of rotatable bonds is 9. The van der Waals surface area contributed by atoms with Crippen LogP contribution in [-0.4, -0.2) is 31.7 Å². The zero-order valence-corrected chi connectivity index (χ0v) is 18.3. The molecule has 1 saturated carbocycles. The quantitative estimate of drug-likeness (QED) is 0.475. The van der Waals surface area contributed by atoms with Gasteiger partial charge in [-0.25, -0.2) is 4.39 Å². The van der Waals surface area contributed by atoms with Gasteiger partial charge in [-0.1, -0.05) is 32.9 Å². The van der Waals surface area contributed by atoms with Gasteiger partial charge >= 0.3 is 0 Å². The van der Waals surface area contributed by atoms with Crippen LogP contribution in [0.1, 0.15) is 70.3 Å². The Morgan fingerprint density at radius 1 is 1.33 bits per heavy atom. The molecule has 166 valence electrons. The summed E-state index contributed by atoms with van der Waals surface area (Å²) in [5, 5.41) is 0. The van der Waals surface area contributed by atoms with E-state index in [4.69, 9.17) is 14.2 Å². The molecule has 0 radical (unpaired) electrons. The summed E-state index contributed by atoms with van der Waals surface area (Å²) in [5.74, 6) is 0.944. The third kappa shape index (κ3) is 5.30. The van der Waals surface area contributed by atoms with Gasteiger partial charge in [-0.3, -0.25) is 4.79 Å². The largest absolute Gasteiger partial charge is 0.465 e. The molecule has 2 aliphatic rings. The summed E-state index contributed by atoms with van der Waals surface area (Å²) in [5.41, 5.74) is 0.551. The van der Waals surface area contributed by atoms with Crippen LogP contribution in [0.15, 0.2) is 31.0 Å². The Morgan fingerprint density at radius 2 is 2.10 bits per heavy atom. The monoisotopic (exact) mass is 418 g/mol. The number of Topliss-reactive ketones (excluding diaryl/α,β-unsaturated/α-hetero) is 1. The van der Waals surface area contributed by atoms with Crippen molar-refractivity contribution in [3.8, 4) is 5.75 Å². The molecular formula is C25H35FO4. The molecule has 0 amide bonds. The van der Waals surface area contributed by atoms with Crippen LogP contribution in [0.5, 0.6) is 5.75 Å². The summed E-state index contributed by atoms with van der Waals surface area (Å²) in [7, 11) is 0. The Balaban J connectivity index is 1.55. The zero-order valence-electron chi connectivity index (χ0n) is 18.3. The van der Waals surface area contributed by atoms with E-state index in [1.807, 2.05) is 0 Å². The van der Waals surface area contributed by atoms with Gasteiger partial charge in [-0.15, -0.1) is 0 Å². The highest BCUT2D eigenvalue weighted by atomic mass is 19.1. The third-order valence-electron chi connectivity index (χ3n) is 6.88. The Labute approximate surface area is 179 Å². The van der Waals surface area contributed by atoms with Gasteiger partial charge in [0.15, 0.2) is 5.78 Å². The van der Waals surface area contributed by atoms with Crippen molar-refractivity contribution in [2.24, 2.45) is 11.3 Å². The predicted molar refractivity (Wildman–Crippen MR) is 115 cm³/mol. The van der Waals surface area contributed by atoms with Gasteiger partial charge in [0.1, 0.15) is 18.2 Å². The minimum atomic E-state index is -0.212. The first-order valence-electron chi connectivity index (χ1n) is 11.3. The second-order valence-electron chi connectivity index (χ2n) is 8.96. The molecule has 1 saturated heterocycles. The van der Waals surface area contributed by atoms with Crippen molar-refractivity contribution >= 4 is 5.78 Å². The SMILES string of the molecule is C=COc1cccc(F)c1C1CCC(OCC(C)C2(CCC)COCC(=O)C2)CC1. The maximum Gasteiger partial charge on any atom is 0.159 e. The topological polar surface area (TPSA) is 44.8 Å². The van der Waals surface area contributed by atoms with E-state index in [9.17, 15) is 9.18 Å². The number of hydrogen-bond donors (Lipinski definition) is 0. The van der Waals surface area contributed by atoms with E-state index in [0.717, 1.165) is 38.5 Å². The fourth-order valence-electron chi connectivity index (χ4n) is 5.17. The molecule has 2 unspecified atom stereocenters. The standard InChI is InChI=1S/C25H35FO4/c1-4-13-25(14-20(27)16-28-17-25)18(3)15-30-21-11-9-19(10-12-21)24-22(26)7-6-8-23(24)29-5-2/h5-8,18-19,21H,2,4,9-17H2,1,3H3. The summed E-state index contributed by atoms with van der Waals surface area (Å²) < 4.78 is 31.8. The molecule has 30 heavy (non-hydrogen) atoms. The highest BCUT2D eigenvalue weighted by Crippen LogP contribution is 2.42. The van der Waals surface area contributed by atoms with Crippen LogP contribution in [0.3, 0.4) is 0 Å². The molecule has 0 aromatic heterocycles. The maximum atomic E-state index is 14.5. The van der Waals surface area contributed by atoms with Crippen molar-refractivity contribution in [2.75, 3.05) is 19.8 Å². The lowest BCUT2D eigenvalue weighted by Gasteiger charge is -2.42. The second-order valence-corrected chi connectivity index (χ2v) is 8.96. The van der Waals surface area contributed by atoms with Crippen molar-refractivity contribution in [3.63, 3.8) is 0 Å². The van der Waals surface area contributed by atoms with E-state index in [1.54, 1.807) is 12.1 Å². The smallest absolute Gasteiger partial charge is 0.159 e. The van der Waals surface area contributed by atoms with Crippen LogP contribution in [0.2, 0.25) is 0 Å². The normalized spacial score (nSPS) is 28.2. The molecule has 2 atom stereocenters. The Kier molecular flexibility index (Phi) is 8.06. The molecule has 1 aromatic rings. The van der Waals surface area contributed by atoms with E-state index < -0.39 is 0 Å². The molecule has 5 heteroatoms. The van der Waals surface area contributed by atoms with Crippen LogP contribution in [0.4, 0.5) is 4.39 Å². The summed E-state index contributed by atoms with van der Waals surface area (Å²) in [6.45, 7) is 9.45. The van der Waals surface area contributed by atoms with Gasteiger partial charge in [-0.2, -0.15) is 0 Å². The number of carbonyl (C=O) groups is 1. The van der Waals surface area contributed by atoms with Crippen molar-refractivity contribution in [1.29, 1.82) is 0 Å². The number of benzene rings is 1. The molecule has 4 nitrogen and oxygen atoms in total. The summed E-state index contributed by atoms with van der Waals surface area (Å²) >= 11 is 0. The van der Waals surface area contributed by atoms with Gasteiger partial charge in [-0.05, 0) is 56.1 Å². The number of ether oxygens (including phenoxy) is 3. The average molecular weight is 419 g/mol. The summed E-state index contributed by atoms with van der Waals surface area (Å²) in [4.78, 5) is 12.0. The number of halogens is 1. The fraction of sp³-hybridized carbons (Fsp3) is 0.640. The number of hydrogen-bond acceptors (Lipinski definition) is 4. The van der Waals surface area contributed by atoms with Crippen LogP contribution >= 0.6 is 0 Å². The highest BCUT2D eigenvalue weighted by molar-refractivity contribution is 5.81. The molecule has 0 bridgehead atoms. The van der Waals surface area contributed by atoms with Crippen molar-refractivity contribution in [3.05, 3.63) is 42.4 Å². The molecule has 1 heterocycles. The van der Waals surface area contributed by atoms with E-state index in [2.05, 4.69) is 20.4 Å². The highest BCUT2D eigenvalue weighted by Gasteiger charge is 2.41. The van der Waals surface area contributed by atoms with E-state index in [0.29, 0.717) is 30.9 Å². The van der Waals surface area contributed by atoms with E-state index in [-0.39, 0.29) is 41.6 Å². The molecule has 1 aliphatic heterocycles. The first kappa shape index (κ1) is 23.0. The summed E-state index contributed by atoms with van der Waals surface area (Å²) in [6, 6.07) is 4.96. The van der Waals surface area contributed by atoms with Crippen LogP contribution in [0.25, 0.3) is 0 Å². The first-order valence-corrected chi connectivity index (χ1v) is 11.3. The number of carbonyl (C=O) groups excluding carboxylic acids is 1. The minimum Gasteiger partial charge on any atom is -0.465 e. The molecule has 3 rings (SSSR count). The lowest BCUT2D eigenvalue weighted by atomic mass is 9.69. The molecular weight excluding hydrogens is 383 g/mol. The lowest BCUT2D eigenvalue weighted by Crippen LogP contribution is -2.43. The van der Waals surface area contributed by atoms with Crippen LogP contribution in [-0.2, 0) is 14.3 Å². The Hall–Kier alpha value is -1.72. The zero-order chi connectivity index (χ0) is 21.6. The second kappa shape index (κ2) is 10.5. The molecule has 1 aliphatic carbocycles. The first-order chi connectivity index (χ1) is 14.5. The van der Waals surface area contributed by atoms with Gasteiger partial charge in [0.05, 0.1) is 25.6 Å². The fourth-order valence-corrected chi connectivity index (χ4v) is 5.17. The van der Waals surface area contributed by atoms with Gasteiger partial charge in [0.2, 0.25) is 0 Å². The predicted octanol–water partition coefficient (Wildman–Crippen LogP) is 5.80. The van der Waals surface area contributed by atoms with Gasteiger partial charge in [0, 0.05) is 17.4 Å². The maximum absolute atomic E-state index is 14.5. The van der Waals surface area contributed by atoms with E-state index in [1.165, 1.54) is 12.3 Å². The Bertz CT molecular complexity index is 722. The van der Waals surface area contributed by atoms with Crippen molar-refractivity contribution in [1.82, 2.24) is 0 Å². The van der Waals surface area contributed by atoms with Crippen molar-refractivity contribution < 1.29 is 23.4 Å². The van der Waals surface area contributed by atoms with Gasteiger partial charge < -0.3 is 14.2 Å². The molecule has 0 spiro atoms. The number of ketones is 1. The molecule has 0 N–H and O–H groups in total. The average Bonchev–Trinajstić information content (AvgIpc) is 2.73.